The van der Waals surface area contributed by atoms with Crippen molar-refractivity contribution < 1.29 is 28.2 Å². The molecule has 0 aliphatic carbocycles. The van der Waals surface area contributed by atoms with E-state index in [-0.39, 0.29) is 24.0 Å². The van der Waals surface area contributed by atoms with Gasteiger partial charge in [-0.15, -0.1) is 0 Å². The predicted molar refractivity (Wildman–Crippen MR) is 109 cm³/mol. The molecule has 1 aliphatic heterocycles. The summed E-state index contributed by atoms with van der Waals surface area (Å²) in [5, 5.41) is 0. The van der Waals surface area contributed by atoms with Gasteiger partial charge >= 0.3 is 12.1 Å². The molecule has 0 radical (unpaired) electrons. The lowest BCUT2D eigenvalue weighted by molar-refractivity contribution is 0.0596. The first-order chi connectivity index (χ1) is 14.5. The Morgan fingerprint density at radius 3 is 2.50 bits per heavy atom. The summed E-state index contributed by atoms with van der Waals surface area (Å²) in [4.78, 5) is 27.7. The number of hydrogen-bond donors (Lipinski definition) is 0. The Kier molecular flexibility index (Phi) is 7.11. The fourth-order valence-electron chi connectivity index (χ4n) is 3.37. The van der Waals surface area contributed by atoms with Gasteiger partial charge in [0.1, 0.15) is 23.7 Å². The second kappa shape index (κ2) is 9.96. The second-order valence-corrected chi connectivity index (χ2v) is 6.86. The molecule has 1 heterocycles. The molecule has 0 N–H and O–H groups in total. The molecule has 7 nitrogen and oxygen atoms in total. The highest BCUT2D eigenvalue weighted by atomic mass is 19.1. The van der Waals surface area contributed by atoms with Gasteiger partial charge in [0.2, 0.25) is 0 Å². The third-order valence-corrected chi connectivity index (χ3v) is 4.97. The van der Waals surface area contributed by atoms with Gasteiger partial charge in [0.15, 0.2) is 0 Å². The highest BCUT2D eigenvalue weighted by molar-refractivity contribution is 5.93. The Morgan fingerprint density at radius 2 is 1.80 bits per heavy atom. The lowest BCUT2D eigenvalue weighted by Gasteiger charge is -2.25. The normalized spacial score (nSPS) is 14.1. The van der Waals surface area contributed by atoms with E-state index in [4.69, 9.17) is 9.47 Å². The lowest BCUT2D eigenvalue weighted by Crippen LogP contribution is -2.35. The summed E-state index contributed by atoms with van der Waals surface area (Å²) >= 11 is 0. The van der Waals surface area contributed by atoms with Crippen molar-refractivity contribution in [2.45, 2.75) is 13.0 Å². The van der Waals surface area contributed by atoms with Gasteiger partial charge in [-0.1, -0.05) is 30.3 Å². The highest BCUT2D eigenvalue weighted by Gasteiger charge is 2.24. The number of anilines is 1. The number of benzene rings is 2. The number of rotatable bonds is 5. The van der Waals surface area contributed by atoms with Crippen LogP contribution in [0.3, 0.4) is 0 Å². The molecule has 3 rings (SSSR count). The SMILES string of the molecule is COC(=O)c1cc(F)c(N2CCCN(C(=O)OCc3ccccc3)CC2)cc1OC. The molecular formula is C22H25FN2O5. The average molecular weight is 416 g/mol. The molecule has 30 heavy (non-hydrogen) atoms. The maximum absolute atomic E-state index is 14.7. The van der Waals surface area contributed by atoms with E-state index in [1.165, 1.54) is 20.3 Å². The van der Waals surface area contributed by atoms with Crippen LogP contribution in [0.15, 0.2) is 42.5 Å². The van der Waals surface area contributed by atoms with Gasteiger partial charge in [-0.2, -0.15) is 0 Å². The standard InChI is InChI=1S/C22H25FN2O5/c1-28-20-14-19(18(23)13-17(20)21(26)29-2)24-9-6-10-25(12-11-24)22(27)30-15-16-7-4-3-5-8-16/h3-5,7-8,13-14H,6,9-12,15H2,1-2H3. The Labute approximate surface area is 174 Å². The van der Waals surface area contributed by atoms with Crippen molar-refractivity contribution in [3.05, 3.63) is 59.4 Å². The number of halogens is 1. The fraction of sp³-hybridized carbons (Fsp3) is 0.364. The molecule has 0 saturated carbocycles. The summed E-state index contributed by atoms with van der Waals surface area (Å²) in [5.74, 6) is -0.974. The average Bonchev–Trinajstić information content (AvgIpc) is 3.03. The third kappa shape index (κ3) is 5.00. The number of carbonyl (C=O) groups excluding carboxylic acids is 2. The van der Waals surface area contributed by atoms with E-state index >= 15 is 0 Å². The summed E-state index contributed by atoms with van der Waals surface area (Å²) in [6.07, 6.45) is 0.265. The van der Waals surface area contributed by atoms with Crippen molar-refractivity contribution in [3.63, 3.8) is 0 Å². The van der Waals surface area contributed by atoms with E-state index in [2.05, 4.69) is 4.74 Å². The van der Waals surface area contributed by atoms with Crippen molar-refractivity contribution >= 4 is 17.7 Å². The Morgan fingerprint density at radius 1 is 1.03 bits per heavy atom. The molecule has 2 aromatic carbocycles. The monoisotopic (exact) mass is 416 g/mol. The van der Waals surface area contributed by atoms with Crippen LogP contribution >= 0.6 is 0 Å². The quantitative estimate of drug-likeness (QED) is 0.696. The Hall–Kier alpha value is -3.29. The van der Waals surface area contributed by atoms with Crippen LogP contribution < -0.4 is 9.64 Å². The smallest absolute Gasteiger partial charge is 0.410 e. The lowest BCUT2D eigenvalue weighted by atomic mass is 10.1. The minimum Gasteiger partial charge on any atom is -0.496 e. The molecular weight excluding hydrogens is 391 g/mol. The molecule has 2 aromatic rings. The van der Waals surface area contributed by atoms with E-state index < -0.39 is 11.8 Å². The maximum Gasteiger partial charge on any atom is 0.410 e. The molecule has 1 amide bonds. The van der Waals surface area contributed by atoms with Crippen LogP contribution in [0.25, 0.3) is 0 Å². The Bertz CT molecular complexity index is 891. The number of ether oxygens (including phenoxy) is 3. The largest absolute Gasteiger partial charge is 0.496 e. The molecule has 160 valence electrons. The number of esters is 1. The first-order valence-electron chi connectivity index (χ1n) is 9.70. The fourth-order valence-corrected chi connectivity index (χ4v) is 3.37. The van der Waals surface area contributed by atoms with Crippen LogP contribution in [0.5, 0.6) is 5.75 Å². The van der Waals surface area contributed by atoms with Crippen LogP contribution in [0.1, 0.15) is 22.3 Å². The minimum absolute atomic E-state index is 0.0298. The number of nitrogens with zero attached hydrogens (tertiary/aromatic N) is 2. The summed E-state index contributed by atoms with van der Waals surface area (Å²) in [6, 6.07) is 12.1. The molecule has 0 aromatic heterocycles. The molecule has 1 aliphatic rings. The first-order valence-corrected chi connectivity index (χ1v) is 9.70. The molecule has 1 fully saturated rings. The van der Waals surface area contributed by atoms with Crippen molar-refractivity contribution in [2.24, 2.45) is 0 Å². The zero-order chi connectivity index (χ0) is 21.5. The second-order valence-electron chi connectivity index (χ2n) is 6.86. The maximum atomic E-state index is 14.7. The van der Waals surface area contributed by atoms with Crippen LogP contribution in [-0.4, -0.2) is 57.4 Å². The van der Waals surface area contributed by atoms with E-state index in [1.807, 2.05) is 35.2 Å². The van der Waals surface area contributed by atoms with E-state index in [0.29, 0.717) is 38.3 Å². The van der Waals surface area contributed by atoms with Crippen LogP contribution in [-0.2, 0) is 16.1 Å². The van der Waals surface area contributed by atoms with Gasteiger partial charge in [-0.05, 0) is 18.1 Å². The van der Waals surface area contributed by atoms with E-state index in [0.717, 1.165) is 11.6 Å². The zero-order valence-electron chi connectivity index (χ0n) is 17.1. The zero-order valence-corrected chi connectivity index (χ0v) is 17.1. The number of methoxy groups -OCH3 is 2. The van der Waals surface area contributed by atoms with Crippen molar-refractivity contribution in [1.29, 1.82) is 0 Å². The number of amides is 1. The highest BCUT2D eigenvalue weighted by Crippen LogP contribution is 2.30. The Balaban J connectivity index is 1.66. The summed E-state index contributed by atoms with van der Waals surface area (Å²) in [6.45, 7) is 2.11. The van der Waals surface area contributed by atoms with Crippen molar-refractivity contribution in [2.75, 3.05) is 45.3 Å². The first kappa shape index (κ1) is 21.4. The number of hydrogen-bond acceptors (Lipinski definition) is 6. The minimum atomic E-state index is -0.666. The van der Waals surface area contributed by atoms with E-state index in [9.17, 15) is 14.0 Å². The molecule has 0 atom stereocenters. The summed E-state index contributed by atoms with van der Waals surface area (Å²) in [5.41, 5.74) is 1.27. The van der Waals surface area contributed by atoms with Gasteiger partial charge < -0.3 is 24.0 Å². The predicted octanol–water partition coefficient (Wildman–Crippen LogP) is 3.47. The van der Waals surface area contributed by atoms with Crippen LogP contribution in [0, 0.1) is 5.82 Å². The van der Waals surface area contributed by atoms with Crippen molar-refractivity contribution in [1.82, 2.24) is 4.90 Å². The van der Waals surface area contributed by atoms with E-state index in [1.54, 1.807) is 4.90 Å². The van der Waals surface area contributed by atoms with Crippen LogP contribution in [0.2, 0.25) is 0 Å². The molecule has 0 bridgehead atoms. The molecule has 0 spiro atoms. The summed E-state index contributed by atoms with van der Waals surface area (Å²) < 4.78 is 30.1. The summed E-state index contributed by atoms with van der Waals surface area (Å²) in [7, 11) is 2.64. The van der Waals surface area contributed by atoms with Gasteiger partial charge in [-0.25, -0.2) is 14.0 Å². The molecule has 0 unspecified atom stereocenters. The van der Waals surface area contributed by atoms with Gasteiger partial charge in [-0.3, -0.25) is 0 Å². The van der Waals surface area contributed by atoms with Crippen LogP contribution in [0.4, 0.5) is 14.9 Å². The third-order valence-electron chi connectivity index (χ3n) is 4.97. The molecule has 8 heteroatoms. The van der Waals surface area contributed by atoms with Crippen molar-refractivity contribution in [3.8, 4) is 5.75 Å². The van der Waals surface area contributed by atoms with Gasteiger partial charge in [0.25, 0.3) is 0 Å². The van der Waals surface area contributed by atoms with Gasteiger partial charge in [0, 0.05) is 32.2 Å². The molecule has 1 saturated heterocycles. The number of carbonyl (C=O) groups is 2. The topological polar surface area (TPSA) is 68.3 Å². The van der Waals surface area contributed by atoms with Gasteiger partial charge in [0.05, 0.1) is 19.9 Å².